The number of anilines is 2. The van der Waals surface area contributed by atoms with Crippen LogP contribution in [-0.2, 0) is 24.3 Å². The van der Waals surface area contributed by atoms with Gasteiger partial charge in [-0.05, 0) is 98.9 Å². The van der Waals surface area contributed by atoms with Crippen LogP contribution in [-0.4, -0.2) is 79.9 Å². The zero-order chi connectivity index (χ0) is 35.2. The Bertz CT molecular complexity index is 2030. The van der Waals surface area contributed by atoms with Gasteiger partial charge in [-0.3, -0.25) is 29.5 Å². The van der Waals surface area contributed by atoms with E-state index in [0.29, 0.717) is 53.6 Å². The highest BCUT2D eigenvalue weighted by molar-refractivity contribution is 6.09. The van der Waals surface area contributed by atoms with E-state index in [9.17, 15) is 19.2 Å². The lowest BCUT2D eigenvalue weighted by molar-refractivity contribution is -0.120. The Balaban J connectivity index is 0.887. The Hall–Kier alpha value is -5.30. The van der Waals surface area contributed by atoms with Crippen molar-refractivity contribution in [3.05, 3.63) is 82.8 Å². The second kappa shape index (κ2) is 13.4. The summed E-state index contributed by atoms with van der Waals surface area (Å²) >= 11 is 0. The van der Waals surface area contributed by atoms with Crippen molar-refractivity contribution in [2.75, 3.05) is 29.9 Å². The molecule has 264 valence electrons. The first-order valence-corrected chi connectivity index (χ1v) is 17.9. The molecular formula is C38H42N8O5. The number of urea groups is 1. The normalized spacial score (nSPS) is 20.8. The number of benzene rings is 2. The van der Waals surface area contributed by atoms with Crippen molar-refractivity contribution < 1.29 is 23.9 Å². The summed E-state index contributed by atoms with van der Waals surface area (Å²) in [5.74, 6) is 0.487. The van der Waals surface area contributed by atoms with E-state index >= 15 is 0 Å². The fourth-order valence-electron chi connectivity index (χ4n) is 8.02. The summed E-state index contributed by atoms with van der Waals surface area (Å²) in [6.45, 7) is 7.63. The molecule has 2 N–H and O–H groups in total. The summed E-state index contributed by atoms with van der Waals surface area (Å²) in [5.41, 5.74) is 6.25. The Kier molecular flexibility index (Phi) is 8.66. The minimum Gasteiger partial charge on any atom is -0.489 e. The van der Waals surface area contributed by atoms with Crippen molar-refractivity contribution in [3.8, 4) is 5.75 Å². The third kappa shape index (κ3) is 6.53. The molecule has 0 atom stereocenters. The van der Waals surface area contributed by atoms with Crippen molar-refractivity contribution in [2.45, 2.75) is 77.6 Å². The van der Waals surface area contributed by atoms with Crippen LogP contribution in [0.1, 0.15) is 83.4 Å². The zero-order valence-electron chi connectivity index (χ0n) is 28.9. The van der Waals surface area contributed by atoms with Crippen molar-refractivity contribution >= 4 is 40.8 Å². The molecule has 0 unspecified atom stereocenters. The van der Waals surface area contributed by atoms with Crippen LogP contribution in [0.5, 0.6) is 5.75 Å². The third-order valence-corrected chi connectivity index (χ3v) is 10.6. The van der Waals surface area contributed by atoms with Crippen molar-refractivity contribution in [1.82, 2.24) is 29.7 Å². The van der Waals surface area contributed by atoms with Crippen LogP contribution in [0, 0.1) is 5.92 Å². The number of hydrogen-bond acceptors (Lipinski definition) is 8. The molecule has 0 spiro atoms. The van der Waals surface area contributed by atoms with Crippen LogP contribution in [0.3, 0.4) is 0 Å². The first-order chi connectivity index (χ1) is 24.7. The van der Waals surface area contributed by atoms with Gasteiger partial charge in [-0.25, -0.2) is 14.3 Å². The number of fused-ring (bicyclic) bond motifs is 3. The molecule has 4 aromatic rings. The van der Waals surface area contributed by atoms with Crippen LogP contribution in [0.4, 0.5) is 16.2 Å². The molecule has 8 rings (SSSR count). The summed E-state index contributed by atoms with van der Waals surface area (Å²) in [6, 6.07) is 11.5. The Morgan fingerprint density at radius 3 is 2.65 bits per heavy atom. The lowest BCUT2D eigenvalue weighted by atomic mass is 9.84. The van der Waals surface area contributed by atoms with E-state index in [1.165, 1.54) is 17.3 Å². The molecule has 13 heteroatoms. The molecule has 5 amide bonds. The van der Waals surface area contributed by atoms with Crippen LogP contribution in [0.2, 0.25) is 0 Å². The minimum atomic E-state index is -0.351. The summed E-state index contributed by atoms with van der Waals surface area (Å²) in [4.78, 5) is 61.6. The Morgan fingerprint density at radius 1 is 1.00 bits per heavy atom. The highest BCUT2D eigenvalue weighted by Gasteiger charge is 2.37. The number of carbonyl (C=O) groups is 4. The average molecular weight is 691 g/mol. The maximum atomic E-state index is 13.8. The summed E-state index contributed by atoms with van der Waals surface area (Å²) in [6.07, 6.45) is 9.99. The maximum absolute atomic E-state index is 13.8. The summed E-state index contributed by atoms with van der Waals surface area (Å²) < 4.78 is 7.66. The Labute approximate surface area is 295 Å². The molecule has 4 aliphatic rings. The van der Waals surface area contributed by atoms with E-state index in [-0.39, 0.29) is 35.9 Å². The second-order valence-electron chi connectivity index (χ2n) is 14.4. The lowest BCUT2D eigenvalue weighted by Crippen LogP contribution is -2.49. The topological polar surface area (TPSA) is 141 Å². The first-order valence-electron chi connectivity index (χ1n) is 17.9. The molecular weight excluding hydrogens is 648 g/mol. The van der Waals surface area contributed by atoms with Crippen LogP contribution in [0.25, 0.3) is 5.65 Å². The molecule has 0 bridgehead atoms. The van der Waals surface area contributed by atoms with E-state index in [4.69, 9.17) is 4.74 Å². The third-order valence-electron chi connectivity index (χ3n) is 10.6. The number of nitrogens with zero attached hydrogens (tertiary/aromatic N) is 6. The van der Waals surface area contributed by atoms with E-state index in [1.807, 2.05) is 30.9 Å². The number of ether oxygens (including phenoxy) is 1. The van der Waals surface area contributed by atoms with Gasteiger partial charge in [0.05, 0.1) is 18.0 Å². The molecule has 2 fully saturated rings. The van der Waals surface area contributed by atoms with Crippen molar-refractivity contribution in [3.63, 3.8) is 0 Å². The molecule has 3 aliphatic heterocycles. The largest absolute Gasteiger partial charge is 0.489 e. The highest BCUT2D eigenvalue weighted by atomic mass is 16.5. The number of carbonyl (C=O) groups excluding carboxylic acids is 4. The molecule has 1 saturated heterocycles. The molecule has 51 heavy (non-hydrogen) atoms. The fraction of sp³-hybridized carbons (Fsp3) is 0.421. The smallest absolute Gasteiger partial charge is 0.328 e. The number of imide groups is 1. The van der Waals surface area contributed by atoms with Gasteiger partial charge in [0, 0.05) is 68.8 Å². The molecule has 13 nitrogen and oxygen atoms in total. The lowest BCUT2D eigenvalue weighted by Gasteiger charge is -2.38. The van der Waals surface area contributed by atoms with Gasteiger partial charge in [0.2, 0.25) is 5.91 Å². The van der Waals surface area contributed by atoms with E-state index in [0.717, 1.165) is 63.0 Å². The predicted molar refractivity (Wildman–Crippen MR) is 190 cm³/mol. The summed E-state index contributed by atoms with van der Waals surface area (Å²) in [7, 11) is 0. The van der Waals surface area contributed by atoms with Gasteiger partial charge in [0.1, 0.15) is 11.3 Å². The van der Waals surface area contributed by atoms with Gasteiger partial charge in [-0.1, -0.05) is 6.07 Å². The molecule has 2 aromatic carbocycles. The van der Waals surface area contributed by atoms with E-state index in [1.54, 1.807) is 33.9 Å². The number of hydrogen-bond donors (Lipinski definition) is 2. The molecule has 0 radical (unpaired) electrons. The quantitative estimate of drug-likeness (QED) is 0.269. The average Bonchev–Trinajstić information content (AvgIpc) is 3.69. The zero-order valence-corrected chi connectivity index (χ0v) is 28.9. The van der Waals surface area contributed by atoms with Crippen LogP contribution < -0.4 is 20.3 Å². The summed E-state index contributed by atoms with van der Waals surface area (Å²) in [5, 5.41) is 9.65. The molecule has 5 heterocycles. The second-order valence-corrected chi connectivity index (χ2v) is 14.4. The highest BCUT2D eigenvalue weighted by Crippen LogP contribution is 2.39. The van der Waals surface area contributed by atoms with Gasteiger partial charge in [0.15, 0.2) is 5.65 Å². The maximum Gasteiger partial charge on any atom is 0.328 e. The molecule has 1 aliphatic carbocycles. The van der Waals surface area contributed by atoms with Gasteiger partial charge in [-0.2, -0.15) is 5.10 Å². The number of rotatable bonds is 8. The monoisotopic (exact) mass is 690 g/mol. The fourth-order valence-corrected chi connectivity index (χ4v) is 8.02. The number of amides is 5. The van der Waals surface area contributed by atoms with Gasteiger partial charge in [0.25, 0.3) is 11.8 Å². The Morgan fingerprint density at radius 2 is 1.84 bits per heavy atom. The van der Waals surface area contributed by atoms with E-state index in [2.05, 4.69) is 37.7 Å². The van der Waals surface area contributed by atoms with Crippen molar-refractivity contribution in [2.24, 2.45) is 5.92 Å². The SMILES string of the molecule is CC(C)Oc1cc2c(cc1NC(=O)c1cnn3cccnc13)CN(C1CCC(CN3CCc4cc(N5CCC(=O)NC5=O)ccc4C3)CC1)C2=O. The van der Waals surface area contributed by atoms with E-state index < -0.39 is 0 Å². The van der Waals surface area contributed by atoms with Gasteiger partial charge in [-0.15, -0.1) is 0 Å². The number of aromatic nitrogens is 3. The minimum absolute atomic E-state index is 0.0207. The van der Waals surface area contributed by atoms with Gasteiger partial charge >= 0.3 is 6.03 Å². The molecule has 2 aromatic heterocycles. The van der Waals surface area contributed by atoms with Crippen LogP contribution in [0.15, 0.2) is 55.0 Å². The number of nitrogens with one attached hydrogen (secondary N) is 2. The molecule has 1 saturated carbocycles. The standard InChI is InChI=1S/C38H42N8O5/c1-23(2)51-33-18-30-27(17-32(33)41-36(48)31-19-40-46-13-3-12-39-35(31)46)22-45(37(30)49)28-7-4-24(5-8-28)20-43-14-10-25-16-29(9-6-26(25)21-43)44-15-11-34(47)42-38(44)50/h3,6,9,12-13,16-19,23-24,28H,4-5,7-8,10-11,14-15,20-22H2,1-2H3,(H,41,48)(H,42,47,50). The predicted octanol–water partition coefficient (Wildman–Crippen LogP) is 4.79. The van der Waals surface area contributed by atoms with Crippen LogP contribution >= 0.6 is 0 Å². The van der Waals surface area contributed by atoms with Gasteiger partial charge < -0.3 is 15.0 Å². The van der Waals surface area contributed by atoms with Crippen molar-refractivity contribution in [1.29, 1.82) is 0 Å². The first kappa shape index (κ1) is 32.9.